The van der Waals surface area contributed by atoms with Gasteiger partial charge in [-0.1, -0.05) is 0 Å². The van der Waals surface area contributed by atoms with Gasteiger partial charge in [0.05, 0.1) is 24.2 Å². The number of benzene rings is 1. The first-order chi connectivity index (χ1) is 17.2. The molecule has 2 aliphatic heterocycles. The van der Waals surface area contributed by atoms with Gasteiger partial charge in [0.15, 0.2) is 0 Å². The molecule has 2 aliphatic rings. The Kier molecular flexibility index (Phi) is 8.81. The number of nitrogens with zero attached hydrogens (tertiary/aromatic N) is 6. The average Bonchev–Trinajstić information content (AvgIpc) is 2.85. The molecule has 1 amide bonds. The lowest BCUT2D eigenvalue weighted by atomic mass is 10.0. The van der Waals surface area contributed by atoms with Crippen molar-refractivity contribution < 1.29 is 17.6 Å². The summed E-state index contributed by atoms with van der Waals surface area (Å²) in [5.41, 5.74) is 1.42. The van der Waals surface area contributed by atoms with Crippen molar-refractivity contribution in [3.63, 3.8) is 0 Å². The second kappa shape index (κ2) is 12.0. The van der Waals surface area contributed by atoms with Crippen molar-refractivity contribution >= 4 is 21.7 Å². The highest BCUT2D eigenvalue weighted by atomic mass is 32.2. The standard InChI is InChI=1S/C24H34FN7O3S/c1-36(34,35)16-2-9-30-10-7-21(8-11-30)27-23(33)18-31-12-14-32(15-13-31)24-28-22(17-26-29-24)19-3-5-20(25)6-4-19/h3-6,17,21H,2,7-16,18H2,1H3,(H,27,33). The van der Waals surface area contributed by atoms with E-state index in [1.54, 1.807) is 18.3 Å². The fourth-order valence-electron chi connectivity index (χ4n) is 4.62. The van der Waals surface area contributed by atoms with E-state index >= 15 is 0 Å². The summed E-state index contributed by atoms with van der Waals surface area (Å²) in [6.45, 7) is 5.70. The summed E-state index contributed by atoms with van der Waals surface area (Å²) in [5, 5.41) is 11.4. The number of aromatic nitrogens is 3. The number of anilines is 1. The summed E-state index contributed by atoms with van der Waals surface area (Å²) < 4.78 is 35.8. The van der Waals surface area contributed by atoms with E-state index in [9.17, 15) is 17.6 Å². The van der Waals surface area contributed by atoms with E-state index in [0.29, 0.717) is 37.7 Å². The zero-order valence-electron chi connectivity index (χ0n) is 20.6. The number of hydrogen-bond donors (Lipinski definition) is 1. The number of amides is 1. The molecule has 0 atom stereocenters. The number of halogens is 1. The minimum Gasteiger partial charge on any atom is -0.352 e. The molecule has 2 aromatic rings. The monoisotopic (exact) mass is 519 g/mol. The molecule has 0 aliphatic carbocycles. The van der Waals surface area contributed by atoms with Crippen LogP contribution in [0.4, 0.5) is 10.3 Å². The van der Waals surface area contributed by atoms with Crippen LogP contribution in [-0.2, 0) is 14.6 Å². The second-order valence-corrected chi connectivity index (χ2v) is 11.8. The maximum absolute atomic E-state index is 13.2. The van der Waals surface area contributed by atoms with Crippen molar-refractivity contribution in [1.29, 1.82) is 0 Å². The third-order valence-corrected chi connectivity index (χ3v) is 7.68. The molecule has 0 spiro atoms. The van der Waals surface area contributed by atoms with Crippen LogP contribution in [0.3, 0.4) is 0 Å². The largest absolute Gasteiger partial charge is 0.352 e. The highest BCUT2D eigenvalue weighted by molar-refractivity contribution is 7.90. The number of likely N-dealkylation sites (tertiary alicyclic amines) is 1. The van der Waals surface area contributed by atoms with Crippen LogP contribution in [0.25, 0.3) is 11.3 Å². The van der Waals surface area contributed by atoms with E-state index in [1.807, 2.05) is 4.90 Å². The van der Waals surface area contributed by atoms with Crippen LogP contribution in [0.1, 0.15) is 19.3 Å². The van der Waals surface area contributed by atoms with Crippen LogP contribution in [0.15, 0.2) is 30.5 Å². The number of carbonyl (C=O) groups excluding carboxylic acids is 1. The molecule has 0 saturated carbocycles. The van der Waals surface area contributed by atoms with Crippen LogP contribution < -0.4 is 10.2 Å². The Balaban J connectivity index is 1.17. The molecule has 1 aromatic heterocycles. The third-order valence-electron chi connectivity index (χ3n) is 6.65. The smallest absolute Gasteiger partial charge is 0.245 e. The van der Waals surface area contributed by atoms with Gasteiger partial charge in [0.1, 0.15) is 15.7 Å². The minimum absolute atomic E-state index is 0.0372. The van der Waals surface area contributed by atoms with Crippen LogP contribution in [0, 0.1) is 5.82 Å². The summed E-state index contributed by atoms with van der Waals surface area (Å²) in [6.07, 6.45) is 5.25. The van der Waals surface area contributed by atoms with Gasteiger partial charge in [-0.05, 0) is 50.1 Å². The van der Waals surface area contributed by atoms with Crippen molar-refractivity contribution in [2.75, 3.05) is 69.3 Å². The van der Waals surface area contributed by atoms with Crippen LogP contribution in [-0.4, -0.2) is 110 Å². The van der Waals surface area contributed by atoms with Crippen molar-refractivity contribution in [1.82, 2.24) is 30.3 Å². The molecule has 3 heterocycles. The summed E-state index contributed by atoms with van der Waals surface area (Å²) in [6, 6.07) is 6.29. The van der Waals surface area contributed by atoms with Gasteiger partial charge in [0.2, 0.25) is 11.9 Å². The maximum atomic E-state index is 13.2. The van der Waals surface area contributed by atoms with Crippen molar-refractivity contribution in [2.45, 2.75) is 25.3 Å². The van der Waals surface area contributed by atoms with Gasteiger partial charge in [-0.3, -0.25) is 9.69 Å². The van der Waals surface area contributed by atoms with Gasteiger partial charge >= 0.3 is 0 Å². The Bertz CT molecular complexity index is 1120. The minimum atomic E-state index is -2.91. The van der Waals surface area contributed by atoms with Crippen LogP contribution in [0.5, 0.6) is 0 Å². The predicted octanol–water partition coefficient (Wildman–Crippen LogP) is 0.815. The van der Waals surface area contributed by atoms with Crippen molar-refractivity contribution in [2.24, 2.45) is 0 Å². The number of piperidine rings is 1. The third kappa shape index (κ3) is 7.90. The molecule has 196 valence electrons. The molecule has 1 aromatic carbocycles. The van der Waals surface area contributed by atoms with E-state index < -0.39 is 9.84 Å². The predicted molar refractivity (Wildman–Crippen MR) is 136 cm³/mol. The number of nitrogens with one attached hydrogen (secondary N) is 1. The molecule has 0 bridgehead atoms. The highest BCUT2D eigenvalue weighted by Gasteiger charge is 2.24. The van der Waals surface area contributed by atoms with Gasteiger partial charge in [-0.25, -0.2) is 17.8 Å². The zero-order chi connectivity index (χ0) is 25.5. The Morgan fingerprint density at radius 1 is 1.06 bits per heavy atom. The van der Waals surface area contributed by atoms with Crippen molar-refractivity contribution in [3.05, 3.63) is 36.3 Å². The first-order valence-electron chi connectivity index (χ1n) is 12.4. The molecule has 0 radical (unpaired) electrons. The second-order valence-electron chi connectivity index (χ2n) is 9.58. The lowest BCUT2D eigenvalue weighted by molar-refractivity contribution is -0.123. The van der Waals surface area contributed by atoms with Gasteiger partial charge in [-0.2, -0.15) is 5.10 Å². The van der Waals surface area contributed by atoms with Crippen LogP contribution in [0.2, 0.25) is 0 Å². The Labute approximate surface area is 211 Å². The van der Waals surface area contributed by atoms with E-state index in [-0.39, 0.29) is 23.5 Å². The first kappa shape index (κ1) is 26.4. The van der Waals surface area contributed by atoms with Gasteiger partial charge in [0, 0.05) is 57.1 Å². The topological polar surface area (TPSA) is 112 Å². The molecule has 2 saturated heterocycles. The molecular weight excluding hydrogens is 485 g/mol. The average molecular weight is 520 g/mol. The normalized spacial score (nSPS) is 18.3. The summed E-state index contributed by atoms with van der Waals surface area (Å²) in [4.78, 5) is 23.7. The molecule has 10 nitrogen and oxygen atoms in total. The van der Waals surface area contributed by atoms with Gasteiger partial charge in [-0.15, -0.1) is 5.10 Å². The number of carbonyl (C=O) groups is 1. The Hall–Kier alpha value is -2.70. The van der Waals surface area contributed by atoms with Gasteiger partial charge in [0.25, 0.3) is 0 Å². The molecule has 2 fully saturated rings. The maximum Gasteiger partial charge on any atom is 0.245 e. The van der Waals surface area contributed by atoms with E-state index in [0.717, 1.165) is 51.1 Å². The zero-order valence-corrected chi connectivity index (χ0v) is 21.5. The van der Waals surface area contributed by atoms with E-state index in [4.69, 9.17) is 0 Å². The number of sulfone groups is 1. The molecule has 36 heavy (non-hydrogen) atoms. The highest BCUT2D eigenvalue weighted by Crippen LogP contribution is 2.19. The molecular formula is C24H34FN7O3S. The Morgan fingerprint density at radius 3 is 2.42 bits per heavy atom. The van der Waals surface area contributed by atoms with Crippen LogP contribution >= 0.6 is 0 Å². The van der Waals surface area contributed by atoms with Crippen molar-refractivity contribution in [3.8, 4) is 11.3 Å². The summed E-state index contributed by atoms with van der Waals surface area (Å²) in [5.74, 6) is 0.493. The summed E-state index contributed by atoms with van der Waals surface area (Å²) >= 11 is 0. The quantitative estimate of drug-likeness (QED) is 0.515. The lowest BCUT2D eigenvalue weighted by Crippen LogP contribution is -2.52. The van der Waals surface area contributed by atoms with E-state index in [2.05, 4.69) is 30.3 Å². The fourth-order valence-corrected chi connectivity index (χ4v) is 5.27. The fraction of sp³-hybridized carbons (Fsp3) is 0.583. The number of hydrogen-bond acceptors (Lipinski definition) is 9. The van der Waals surface area contributed by atoms with Gasteiger partial charge < -0.3 is 15.1 Å². The molecule has 12 heteroatoms. The number of rotatable bonds is 9. The Morgan fingerprint density at radius 2 is 1.75 bits per heavy atom. The SMILES string of the molecule is CS(=O)(=O)CCCN1CCC(NC(=O)CN2CCN(c3nncc(-c4ccc(F)cc4)n3)CC2)CC1. The summed E-state index contributed by atoms with van der Waals surface area (Å²) in [7, 11) is -2.91. The molecule has 0 unspecified atom stereocenters. The molecule has 4 rings (SSSR count). The van der Waals surface area contributed by atoms with E-state index in [1.165, 1.54) is 18.4 Å². The lowest BCUT2D eigenvalue weighted by Gasteiger charge is -2.35. The molecule has 1 N–H and O–H groups in total. The first-order valence-corrected chi connectivity index (χ1v) is 14.4. The number of piperazine rings is 1.